The highest BCUT2D eigenvalue weighted by Crippen LogP contribution is 2.20. The maximum atomic E-state index is 5.75. The molecule has 2 rings (SSSR count). The molecule has 2 atom stereocenters. The van der Waals surface area contributed by atoms with Crippen LogP contribution >= 0.6 is 0 Å². The molecule has 0 aromatic carbocycles. The van der Waals surface area contributed by atoms with Gasteiger partial charge < -0.3 is 10.3 Å². The van der Waals surface area contributed by atoms with E-state index in [-0.39, 0.29) is 6.04 Å². The SMILES string of the molecule is CC(N)CCc1nnc2n1CCC(C)C2. The van der Waals surface area contributed by atoms with E-state index >= 15 is 0 Å². The predicted molar refractivity (Wildman–Crippen MR) is 59.5 cm³/mol. The fourth-order valence-electron chi connectivity index (χ4n) is 2.09. The minimum absolute atomic E-state index is 0.250. The highest BCUT2D eigenvalue weighted by Gasteiger charge is 2.19. The van der Waals surface area contributed by atoms with Gasteiger partial charge in [-0.1, -0.05) is 6.92 Å². The van der Waals surface area contributed by atoms with Gasteiger partial charge in [-0.05, 0) is 25.7 Å². The summed E-state index contributed by atoms with van der Waals surface area (Å²) < 4.78 is 2.28. The summed E-state index contributed by atoms with van der Waals surface area (Å²) in [5.74, 6) is 3.03. The van der Waals surface area contributed by atoms with Gasteiger partial charge in [-0.15, -0.1) is 10.2 Å². The lowest BCUT2D eigenvalue weighted by atomic mass is 10.0. The average Bonchev–Trinajstić information content (AvgIpc) is 2.57. The molecule has 0 spiro atoms. The second-order valence-electron chi connectivity index (χ2n) is 4.80. The van der Waals surface area contributed by atoms with Gasteiger partial charge in [0.1, 0.15) is 11.6 Å². The number of hydrogen-bond donors (Lipinski definition) is 1. The Morgan fingerprint density at radius 1 is 1.53 bits per heavy atom. The maximum Gasteiger partial charge on any atom is 0.133 e. The minimum atomic E-state index is 0.250. The Hall–Kier alpha value is -0.900. The van der Waals surface area contributed by atoms with Crippen LogP contribution < -0.4 is 5.73 Å². The van der Waals surface area contributed by atoms with Gasteiger partial charge in [0.15, 0.2) is 0 Å². The van der Waals surface area contributed by atoms with Crippen molar-refractivity contribution in [2.75, 3.05) is 0 Å². The molecule has 1 aromatic rings. The Morgan fingerprint density at radius 2 is 2.33 bits per heavy atom. The summed E-state index contributed by atoms with van der Waals surface area (Å²) in [5, 5.41) is 8.52. The lowest BCUT2D eigenvalue weighted by Gasteiger charge is -2.20. The van der Waals surface area contributed by atoms with Crippen molar-refractivity contribution in [3.05, 3.63) is 11.6 Å². The van der Waals surface area contributed by atoms with Crippen LogP contribution in [0.5, 0.6) is 0 Å². The molecule has 0 saturated heterocycles. The molecule has 1 aliphatic rings. The maximum absolute atomic E-state index is 5.75. The third-order valence-corrected chi connectivity index (χ3v) is 3.10. The number of aryl methyl sites for hydroxylation is 1. The van der Waals surface area contributed by atoms with Crippen molar-refractivity contribution in [1.82, 2.24) is 14.8 Å². The van der Waals surface area contributed by atoms with Crippen LogP contribution in [-0.2, 0) is 19.4 Å². The molecule has 0 saturated carbocycles. The first-order chi connectivity index (χ1) is 7.16. The summed E-state index contributed by atoms with van der Waals surface area (Å²) in [4.78, 5) is 0. The van der Waals surface area contributed by atoms with Gasteiger partial charge in [0.25, 0.3) is 0 Å². The largest absolute Gasteiger partial charge is 0.328 e. The standard InChI is InChI=1S/C11H20N4/c1-8-5-6-15-10(4-3-9(2)12)13-14-11(15)7-8/h8-9H,3-7,12H2,1-2H3. The van der Waals surface area contributed by atoms with E-state index in [1.54, 1.807) is 0 Å². The third-order valence-electron chi connectivity index (χ3n) is 3.10. The smallest absolute Gasteiger partial charge is 0.133 e. The summed E-state index contributed by atoms with van der Waals surface area (Å²) in [6, 6.07) is 0.250. The van der Waals surface area contributed by atoms with Crippen molar-refractivity contribution >= 4 is 0 Å². The summed E-state index contributed by atoms with van der Waals surface area (Å²) in [5.41, 5.74) is 5.75. The van der Waals surface area contributed by atoms with E-state index in [0.717, 1.165) is 43.4 Å². The van der Waals surface area contributed by atoms with Crippen LogP contribution in [0.1, 0.15) is 38.3 Å². The normalized spacial score (nSPS) is 22.5. The van der Waals surface area contributed by atoms with Gasteiger partial charge in [0.05, 0.1) is 0 Å². The molecule has 1 aliphatic heterocycles. The fraction of sp³-hybridized carbons (Fsp3) is 0.818. The van der Waals surface area contributed by atoms with Crippen molar-refractivity contribution in [1.29, 1.82) is 0 Å². The highest BCUT2D eigenvalue weighted by atomic mass is 15.3. The zero-order chi connectivity index (χ0) is 10.8. The topological polar surface area (TPSA) is 56.7 Å². The van der Waals surface area contributed by atoms with E-state index in [1.807, 2.05) is 6.92 Å². The van der Waals surface area contributed by atoms with Crippen molar-refractivity contribution in [3.8, 4) is 0 Å². The molecule has 15 heavy (non-hydrogen) atoms. The molecule has 2 heterocycles. The number of nitrogens with zero attached hydrogens (tertiary/aromatic N) is 3. The van der Waals surface area contributed by atoms with Gasteiger partial charge in [-0.2, -0.15) is 0 Å². The molecule has 2 unspecified atom stereocenters. The van der Waals surface area contributed by atoms with Gasteiger partial charge in [-0.3, -0.25) is 0 Å². The number of fused-ring (bicyclic) bond motifs is 1. The van der Waals surface area contributed by atoms with Crippen LogP contribution in [0.25, 0.3) is 0 Å². The summed E-state index contributed by atoms with van der Waals surface area (Å²) in [6.07, 6.45) is 4.27. The van der Waals surface area contributed by atoms with Gasteiger partial charge in [0, 0.05) is 25.4 Å². The van der Waals surface area contributed by atoms with Crippen LogP contribution in [0, 0.1) is 5.92 Å². The summed E-state index contributed by atoms with van der Waals surface area (Å²) in [6.45, 7) is 5.40. The van der Waals surface area contributed by atoms with Crippen LogP contribution in [-0.4, -0.2) is 20.8 Å². The second kappa shape index (κ2) is 4.31. The predicted octanol–water partition coefficient (Wildman–Crippen LogP) is 1.14. The third kappa shape index (κ3) is 2.37. The minimum Gasteiger partial charge on any atom is -0.328 e. The molecule has 0 bridgehead atoms. The van der Waals surface area contributed by atoms with Crippen LogP contribution in [0.15, 0.2) is 0 Å². The van der Waals surface area contributed by atoms with Gasteiger partial charge in [-0.25, -0.2) is 0 Å². The summed E-state index contributed by atoms with van der Waals surface area (Å²) >= 11 is 0. The van der Waals surface area contributed by atoms with Gasteiger partial charge in [0.2, 0.25) is 0 Å². The molecule has 84 valence electrons. The number of rotatable bonds is 3. The number of aromatic nitrogens is 3. The Bertz CT molecular complexity index is 329. The van der Waals surface area contributed by atoms with Crippen LogP contribution in [0.2, 0.25) is 0 Å². The van der Waals surface area contributed by atoms with E-state index in [2.05, 4.69) is 21.7 Å². The number of nitrogens with two attached hydrogens (primary N) is 1. The van der Waals surface area contributed by atoms with Crippen molar-refractivity contribution in [2.45, 2.75) is 52.1 Å². The van der Waals surface area contributed by atoms with Crippen molar-refractivity contribution < 1.29 is 0 Å². The van der Waals surface area contributed by atoms with E-state index in [9.17, 15) is 0 Å². The number of hydrogen-bond acceptors (Lipinski definition) is 3. The van der Waals surface area contributed by atoms with E-state index < -0.39 is 0 Å². The Balaban J connectivity index is 2.07. The Kier molecular flexibility index (Phi) is 3.05. The summed E-state index contributed by atoms with van der Waals surface area (Å²) in [7, 11) is 0. The molecule has 4 heteroatoms. The van der Waals surface area contributed by atoms with E-state index in [4.69, 9.17) is 5.73 Å². The van der Waals surface area contributed by atoms with Crippen LogP contribution in [0.3, 0.4) is 0 Å². The Labute approximate surface area is 90.9 Å². The molecule has 1 aromatic heterocycles. The molecule has 0 amide bonds. The van der Waals surface area contributed by atoms with Crippen LogP contribution in [0.4, 0.5) is 0 Å². The van der Waals surface area contributed by atoms with Crippen molar-refractivity contribution in [3.63, 3.8) is 0 Å². The fourth-order valence-corrected chi connectivity index (χ4v) is 2.09. The highest BCUT2D eigenvalue weighted by molar-refractivity contribution is 5.00. The van der Waals surface area contributed by atoms with E-state index in [0.29, 0.717) is 0 Å². The molecular formula is C11H20N4. The zero-order valence-corrected chi connectivity index (χ0v) is 9.61. The lowest BCUT2D eigenvalue weighted by molar-refractivity contribution is 0.401. The Morgan fingerprint density at radius 3 is 3.07 bits per heavy atom. The monoisotopic (exact) mass is 208 g/mol. The second-order valence-corrected chi connectivity index (χ2v) is 4.80. The first-order valence-electron chi connectivity index (χ1n) is 5.83. The zero-order valence-electron chi connectivity index (χ0n) is 9.61. The lowest BCUT2D eigenvalue weighted by Crippen LogP contribution is -2.21. The molecule has 0 aliphatic carbocycles. The van der Waals surface area contributed by atoms with Crippen molar-refractivity contribution in [2.24, 2.45) is 11.7 Å². The quantitative estimate of drug-likeness (QED) is 0.810. The first-order valence-corrected chi connectivity index (χ1v) is 5.83. The average molecular weight is 208 g/mol. The molecular weight excluding hydrogens is 188 g/mol. The molecule has 0 fully saturated rings. The van der Waals surface area contributed by atoms with Gasteiger partial charge >= 0.3 is 0 Å². The molecule has 0 radical (unpaired) electrons. The first kappa shape index (κ1) is 10.6. The molecule has 2 N–H and O–H groups in total. The molecule has 4 nitrogen and oxygen atoms in total. The van der Waals surface area contributed by atoms with E-state index in [1.165, 1.54) is 6.42 Å².